The molecule has 0 aliphatic heterocycles. The highest BCUT2D eigenvalue weighted by Gasteiger charge is 2.28. The minimum Gasteiger partial charge on any atom is -0.393 e. The smallest absolute Gasteiger partial charge is 0.187 e. The summed E-state index contributed by atoms with van der Waals surface area (Å²) in [5.74, 6) is 5.80. The van der Waals surface area contributed by atoms with Gasteiger partial charge < -0.3 is 4.43 Å². The van der Waals surface area contributed by atoms with Crippen molar-refractivity contribution in [3.05, 3.63) is 0 Å². The molecule has 0 heterocycles. The molecule has 1 unspecified atom stereocenters. The first-order valence-electron chi connectivity index (χ1n) is 5.20. The van der Waals surface area contributed by atoms with E-state index in [-0.39, 0.29) is 0 Å². The molecule has 0 bridgehead atoms. The lowest BCUT2D eigenvalue weighted by Gasteiger charge is -2.27. The second kappa shape index (κ2) is 4.57. The largest absolute Gasteiger partial charge is 0.393 e. The highest BCUT2D eigenvalue weighted by atomic mass is 28.4. The van der Waals surface area contributed by atoms with E-state index in [0.717, 1.165) is 0 Å². The van der Waals surface area contributed by atoms with Gasteiger partial charge >= 0.3 is 0 Å². The molecule has 0 rings (SSSR count). The molecule has 0 aromatic heterocycles. The second-order valence-corrected chi connectivity index (χ2v) is 15.1. The molecule has 0 fully saturated rings. The van der Waals surface area contributed by atoms with E-state index >= 15 is 0 Å². The molecule has 0 saturated carbocycles. The van der Waals surface area contributed by atoms with Crippen LogP contribution in [0.15, 0.2) is 0 Å². The Morgan fingerprint density at radius 2 is 1.53 bits per heavy atom. The molecule has 84 valence electrons. The van der Waals surface area contributed by atoms with Gasteiger partial charge in [-0.2, -0.15) is 0 Å². The van der Waals surface area contributed by atoms with Crippen molar-refractivity contribution >= 4 is 16.4 Å². The zero-order valence-corrected chi connectivity index (χ0v) is 13.0. The van der Waals surface area contributed by atoms with Gasteiger partial charge in [0.1, 0.15) is 8.07 Å². The summed E-state index contributed by atoms with van der Waals surface area (Å²) in [5, 5.41) is 0. The highest BCUT2D eigenvalue weighted by molar-refractivity contribution is 6.83. The number of terminal acetylenes is 1. The molecule has 0 saturated heterocycles. The van der Waals surface area contributed by atoms with Crippen LogP contribution in [0.1, 0.15) is 6.92 Å². The van der Waals surface area contributed by atoms with Gasteiger partial charge in [-0.25, -0.2) is 0 Å². The Morgan fingerprint density at radius 1 is 1.07 bits per heavy atom. The van der Waals surface area contributed by atoms with Crippen LogP contribution < -0.4 is 0 Å². The van der Waals surface area contributed by atoms with Crippen LogP contribution in [0.2, 0.25) is 39.3 Å². The fraction of sp³-hybridized carbons (Fsp3) is 0.667. The van der Waals surface area contributed by atoms with Gasteiger partial charge in [0, 0.05) is 0 Å². The van der Waals surface area contributed by atoms with Crippen molar-refractivity contribution in [1.29, 1.82) is 0 Å². The zero-order valence-electron chi connectivity index (χ0n) is 11.0. The topological polar surface area (TPSA) is 9.23 Å². The van der Waals surface area contributed by atoms with Crippen LogP contribution in [0.4, 0.5) is 0 Å². The molecule has 0 aliphatic carbocycles. The molecule has 0 aromatic carbocycles. The lowest BCUT2D eigenvalue weighted by Crippen LogP contribution is -2.39. The Bertz CT molecular complexity index is 317. The molecule has 0 amide bonds. The lowest BCUT2D eigenvalue weighted by atomic mass is 10.1. The van der Waals surface area contributed by atoms with E-state index in [2.05, 4.69) is 56.7 Å². The SMILES string of the molecule is C#CC(C)(C#C[Si](C)(C)C)O[Si](C)(C)C. The van der Waals surface area contributed by atoms with Gasteiger partial charge in [-0.15, -0.1) is 12.0 Å². The average Bonchev–Trinajstić information content (AvgIpc) is 1.97. The second-order valence-electron chi connectivity index (χ2n) is 5.89. The predicted molar refractivity (Wildman–Crippen MR) is 72.8 cm³/mol. The summed E-state index contributed by atoms with van der Waals surface area (Å²) in [6.45, 7) is 14.9. The van der Waals surface area contributed by atoms with E-state index in [1.165, 1.54) is 0 Å². The van der Waals surface area contributed by atoms with Gasteiger partial charge in [0.25, 0.3) is 0 Å². The Balaban J connectivity index is 4.89. The molecule has 0 aromatic rings. The summed E-state index contributed by atoms with van der Waals surface area (Å²) in [6.07, 6.45) is 5.50. The number of hydrogen-bond acceptors (Lipinski definition) is 1. The van der Waals surface area contributed by atoms with Crippen molar-refractivity contribution in [1.82, 2.24) is 0 Å². The Labute approximate surface area is 96.8 Å². The summed E-state index contributed by atoms with van der Waals surface area (Å²) in [5.41, 5.74) is 2.58. The standard InChI is InChI=1S/C12H22OSi2/c1-9-12(2,13-15(6,7)8)10-11-14(3,4)5/h1H,2-8H3. The van der Waals surface area contributed by atoms with Gasteiger partial charge in [-0.3, -0.25) is 0 Å². The molecule has 0 aliphatic rings. The van der Waals surface area contributed by atoms with Crippen LogP contribution in [0.25, 0.3) is 0 Å². The van der Waals surface area contributed by atoms with Crippen molar-refractivity contribution < 1.29 is 4.43 Å². The highest BCUT2D eigenvalue weighted by Crippen LogP contribution is 2.16. The first kappa shape index (κ1) is 14.5. The van der Waals surface area contributed by atoms with Crippen LogP contribution in [0.5, 0.6) is 0 Å². The molecule has 15 heavy (non-hydrogen) atoms. The Morgan fingerprint density at radius 3 is 1.80 bits per heavy atom. The number of rotatable bonds is 2. The van der Waals surface area contributed by atoms with Gasteiger partial charge in [0.05, 0.1) is 0 Å². The summed E-state index contributed by atoms with van der Waals surface area (Å²) in [6, 6.07) is 0. The monoisotopic (exact) mass is 238 g/mol. The third kappa shape index (κ3) is 7.44. The maximum absolute atomic E-state index is 5.92. The van der Waals surface area contributed by atoms with Crippen LogP contribution >= 0.6 is 0 Å². The third-order valence-electron chi connectivity index (χ3n) is 1.46. The van der Waals surface area contributed by atoms with Crippen LogP contribution in [-0.2, 0) is 4.43 Å². The van der Waals surface area contributed by atoms with Crippen molar-refractivity contribution in [3.8, 4) is 23.8 Å². The molecule has 0 radical (unpaired) electrons. The van der Waals surface area contributed by atoms with Gasteiger partial charge in [-0.1, -0.05) is 31.5 Å². The van der Waals surface area contributed by atoms with Crippen molar-refractivity contribution in [2.45, 2.75) is 51.8 Å². The van der Waals surface area contributed by atoms with E-state index in [1.54, 1.807) is 0 Å². The first-order valence-corrected chi connectivity index (χ1v) is 12.1. The minimum atomic E-state index is -1.64. The fourth-order valence-corrected chi connectivity index (χ4v) is 2.96. The molecule has 1 nitrogen and oxygen atoms in total. The first-order chi connectivity index (χ1) is 6.47. The van der Waals surface area contributed by atoms with E-state index < -0.39 is 22.0 Å². The van der Waals surface area contributed by atoms with Crippen LogP contribution in [0.3, 0.4) is 0 Å². The van der Waals surface area contributed by atoms with Gasteiger partial charge in [0.2, 0.25) is 0 Å². The van der Waals surface area contributed by atoms with E-state index in [0.29, 0.717) is 0 Å². The molecule has 0 spiro atoms. The average molecular weight is 238 g/mol. The number of hydrogen-bond donors (Lipinski definition) is 0. The molecular formula is C12H22OSi2. The molecule has 0 N–H and O–H groups in total. The summed E-state index contributed by atoms with van der Waals surface area (Å²) < 4.78 is 5.92. The Hall–Kier alpha value is -0.486. The van der Waals surface area contributed by atoms with Crippen molar-refractivity contribution in [2.75, 3.05) is 0 Å². The summed E-state index contributed by atoms with van der Waals surface area (Å²) >= 11 is 0. The Kier molecular flexibility index (Phi) is 4.42. The lowest BCUT2D eigenvalue weighted by molar-refractivity contribution is 0.205. The van der Waals surface area contributed by atoms with Crippen molar-refractivity contribution in [2.24, 2.45) is 0 Å². The normalized spacial score (nSPS) is 15.9. The summed E-state index contributed by atoms with van der Waals surface area (Å²) in [7, 11) is -3.02. The summed E-state index contributed by atoms with van der Waals surface area (Å²) in [4.78, 5) is 0. The third-order valence-corrected chi connectivity index (χ3v) is 3.36. The fourth-order valence-electron chi connectivity index (χ4n) is 1.01. The maximum Gasteiger partial charge on any atom is 0.187 e. The molecular weight excluding hydrogens is 216 g/mol. The van der Waals surface area contributed by atoms with Gasteiger partial charge in [-0.05, 0) is 26.6 Å². The van der Waals surface area contributed by atoms with E-state index in [9.17, 15) is 0 Å². The maximum atomic E-state index is 5.92. The van der Waals surface area contributed by atoms with E-state index in [1.807, 2.05) is 6.92 Å². The minimum absolute atomic E-state index is 0.704. The van der Waals surface area contributed by atoms with E-state index in [4.69, 9.17) is 10.8 Å². The van der Waals surface area contributed by atoms with Crippen LogP contribution in [0, 0.1) is 23.8 Å². The molecule has 1 atom stereocenters. The van der Waals surface area contributed by atoms with Gasteiger partial charge in [0.15, 0.2) is 13.9 Å². The predicted octanol–water partition coefficient (Wildman–Crippen LogP) is 3.11. The molecule has 3 heteroatoms. The van der Waals surface area contributed by atoms with Crippen molar-refractivity contribution in [3.63, 3.8) is 0 Å². The zero-order chi connectivity index (χ0) is 12.3. The quantitative estimate of drug-likeness (QED) is 0.530. The van der Waals surface area contributed by atoms with Crippen LogP contribution in [-0.4, -0.2) is 22.0 Å².